The van der Waals surface area contributed by atoms with Gasteiger partial charge in [-0.15, -0.1) is 11.6 Å². The molecule has 0 amide bonds. The van der Waals surface area contributed by atoms with E-state index in [4.69, 9.17) is 16.3 Å². The summed E-state index contributed by atoms with van der Waals surface area (Å²) in [5, 5.41) is 2.20. The van der Waals surface area contributed by atoms with Gasteiger partial charge in [0.15, 0.2) is 0 Å². The molecular formula is C17H16ClFO. The second kappa shape index (κ2) is 7.77. The van der Waals surface area contributed by atoms with Gasteiger partial charge < -0.3 is 4.74 Å². The standard InChI is InChI=1S/C17H16ClFO/c18-9-2-1-4-14-5-6-16-13-17(20-11-3-10-19)8-7-15(16)12-14/h5-8,12-13H,2-3,9-11H2. The topological polar surface area (TPSA) is 9.23 Å². The van der Waals surface area contributed by atoms with Crippen LogP contribution >= 0.6 is 11.6 Å². The molecule has 0 aliphatic heterocycles. The second-order valence-corrected chi connectivity index (χ2v) is 4.73. The van der Waals surface area contributed by atoms with Crippen LogP contribution in [0.5, 0.6) is 5.75 Å². The van der Waals surface area contributed by atoms with Gasteiger partial charge in [-0.2, -0.15) is 0 Å². The first kappa shape index (κ1) is 14.7. The van der Waals surface area contributed by atoms with Crippen LogP contribution in [0.25, 0.3) is 10.8 Å². The summed E-state index contributed by atoms with van der Waals surface area (Å²) in [5.74, 6) is 7.43. The first-order valence-corrected chi connectivity index (χ1v) is 7.14. The van der Waals surface area contributed by atoms with Gasteiger partial charge in [0.1, 0.15) is 5.75 Å². The quantitative estimate of drug-likeness (QED) is 0.446. The highest BCUT2D eigenvalue weighted by molar-refractivity contribution is 6.18. The molecule has 0 atom stereocenters. The van der Waals surface area contributed by atoms with Crippen molar-refractivity contribution < 1.29 is 9.13 Å². The van der Waals surface area contributed by atoms with E-state index in [0.29, 0.717) is 25.3 Å². The van der Waals surface area contributed by atoms with Crippen LogP contribution in [-0.2, 0) is 0 Å². The Kier molecular flexibility index (Phi) is 5.70. The van der Waals surface area contributed by atoms with Crippen molar-refractivity contribution in [1.82, 2.24) is 0 Å². The average molecular weight is 291 g/mol. The summed E-state index contributed by atoms with van der Waals surface area (Å²) in [4.78, 5) is 0. The van der Waals surface area contributed by atoms with E-state index in [9.17, 15) is 4.39 Å². The zero-order valence-electron chi connectivity index (χ0n) is 11.2. The van der Waals surface area contributed by atoms with Crippen molar-refractivity contribution in [2.75, 3.05) is 19.2 Å². The first-order valence-electron chi connectivity index (χ1n) is 6.61. The van der Waals surface area contributed by atoms with Crippen molar-refractivity contribution in [3.8, 4) is 17.6 Å². The highest BCUT2D eigenvalue weighted by Crippen LogP contribution is 2.22. The molecule has 0 saturated heterocycles. The Bertz CT molecular complexity index is 628. The minimum Gasteiger partial charge on any atom is -0.493 e. The van der Waals surface area contributed by atoms with Crippen molar-refractivity contribution in [3.05, 3.63) is 42.0 Å². The fraction of sp³-hybridized carbons (Fsp3) is 0.294. The second-order valence-electron chi connectivity index (χ2n) is 4.36. The van der Waals surface area contributed by atoms with Gasteiger partial charge in [-0.25, -0.2) is 0 Å². The molecule has 0 aliphatic rings. The van der Waals surface area contributed by atoms with Gasteiger partial charge in [-0.3, -0.25) is 4.39 Å². The van der Waals surface area contributed by atoms with Crippen LogP contribution in [0.15, 0.2) is 36.4 Å². The summed E-state index contributed by atoms with van der Waals surface area (Å²) < 4.78 is 17.5. The predicted molar refractivity (Wildman–Crippen MR) is 82.3 cm³/mol. The summed E-state index contributed by atoms with van der Waals surface area (Å²) in [5.41, 5.74) is 0.980. The van der Waals surface area contributed by atoms with E-state index in [1.54, 1.807) is 0 Å². The molecule has 0 N–H and O–H groups in total. The van der Waals surface area contributed by atoms with Crippen LogP contribution in [0.1, 0.15) is 18.4 Å². The fourth-order valence-electron chi connectivity index (χ4n) is 1.85. The molecule has 0 unspecified atom stereocenters. The van der Waals surface area contributed by atoms with E-state index in [2.05, 4.69) is 11.8 Å². The number of hydrogen-bond acceptors (Lipinski definition) is 1. The number of fused-ring (bicyclic) bond motifs is 1. The lowest BCUT2D eigenvalue weighted by Gasteiger charge is -2.06. The number of hydrogen-bond donors (Lipinski definition) is 0. The molecule has 0 bridgehead atoms. The zero-order valence-corrected chi connectivity index (χ0v) is 11.9. The van der Waals surface area contributed by atoms with Crippen LogP contribution < -0.4 is 4.74 Å². The highest BCUT2D eigenvalue weighted by atomic mass is 35.5. The molecule has 1 nitrogen and oxygen atoms in total. The van der Waals surface area contributed by atoms with E-state index in [1.165, 1.54) is 0 Å². The van der Waals surface area contributed by atoms with Crippen molar-refractivity contribution in [2.45, 2.75) is 12.8 Å². The van der Waals surface area contributed by atoms with Crippen molar-refractivity contribution >= 4 is 22.4 Å². The molecular weight excluding hydrogens is 275 g/mol. The smallest absolute Gasteiger partial charge is 0.119 e. The van der Waals surface area contributed by atoms with Crippen LogP contribution in [0, 0.1) is 11.8 Å². The van der Waals surface area contributed by atoms with E-state index in [0.717, 1.165) is 22.1 Å². The number of rotatable bonds is 5. The van der Waals surface area contributed by atoms with Gasteiger partial charge in [0.25, 0.3) is 0 Å². The Balaban J connectivity index is 2.15. The minimum absolute atomic E-state index is 0.349. The fourth-order valence-corrected chi connectivity index (χ4v) is 1.94. The lowest BCUT2D eigenvalue weighted by atomic mass is 10.1. The summed E-state index contributed by atoms with van der Waals surface area (Å²) in [6.07, 6.45) is 1.12. The Labute approximate surface area is 123 Å². The van der Waals surface area contributed by atoms with Gasteiger partial charge in [-0.05, 0) is 35.0 Å². The maximum atomic E-state index is 12.0. The lowest BCUT2D eigenvalue weighted by Crippen LogP contribution is -1.97. The molecule has 2 aromatic carbocycles. The van der Waals surface area contributed by atoms with Crippen molar-refractivity contribution in [1.29, 1.82) is 0 Å². The van der Waals surface area contributed by atoms with Gasteiger partial charge in [-0.1, -0.05) is 24.0 Å². The highest BCUT2D eigenvalue weighted by Gasteiger charge is 1.99. The maximum Gasteiger partial charge on any atom is 0.119 e. The number of ether oxygens (including phenoxy) is 1. The zero-order chi connectivity index (χ0) is 14.2. The monoisotopic (exact) mass is 290 g/mol. The molecule has 2 rings (SSSR count). The Hall–Kier alpha value is -1.72. The number of alkyl halides is 2. The SMILES string of the molecule is FCCCOc1ccc2cc(C#CCCCl)ccc2c1. The summed E-state index contributed by atoms with van der Waals surface area (Å²) in [6, 6.07) is 11.9. The third-order valence-electron chi connectivity index (χ3n) is 2.81. The van der Waals surface area contributed by atoms with Crippen LogP contribution in [0.2, 0.25) is 0 Å². The molecule has 0 fully saturated rings. The molecule has 20 heavy (non-hydrogen) atoms. The Morgan fingerprint density at radius 3 is 2.70 bits per heavy atom. The molecule has 104 valence electrons. The molecule has 0 radical (unpaired) electrons. The molecule has 0 saturated carbocycles. The van der Waals surface area contributed by atoms with E-state index in [1.807, 2.05) is 36.4 Å². The minimum atomic E-state index is -0.349. The molecule has 2 aromatic rings. The van der Waals surface area contributed by atoms with Crippen LogP contribution in [0.4, 0.5) is 4.39 Å². The molecule has 0 heterocycles. The third kappa shape index (κ3) is 4.15. The summed E-state index contributed by atoms with van der Waals surface area (Å²) >= 11 is 5.59. The normalized spacial score (nSPS) is 10.1. The van der Waals surface area contributed by atoms with E-state index < -0.39 is 0 Å². The lowest BCUT2D eigenvalue weighted by molar-refractivity contribution is 0.290. The van der Waals surface area contributed by atoms with Crippen molar-refractivity contribution in [2.24, 2.45) is 0 Å². The molecule has 0 spiro atoms. The molecule has 0 aliphatic carbocycles. The summed E-state index contributed by atoms with van der Waals surface area (Å²) in [7, 11) is 0. The van der Waals surface area contributed by atoms with Gasteiger partial charge in [0.2, 0.25) is 0 Å². The average Bonchev–Trinajstić information content (AvgIpc) is 2.48. The van der Waals surface area contributed by atoms with Gasteiger partial charge >= 0.3 is 0 Å². The first-order chi connectivity index (χ1) is 9.83. The van der Waals surface area contributed by atoms with Crippen LogP contribution in [-0.4, -0.2) is 19.2 Å². The van der Waals surface area contributed by atoms with E-state index in [-0.39, 0.29) is 6.67 Å². The molecule has 3 heteroatoms. The molecule has 0 aromatic heterocycles. The largest absolute Gasteiger partial charge is 0.493 e. The summed E-state index contributed by atoms with van der Waals surface area (Å²) in [6.45, 7) is 0.0574. The van der Waals surface area contributed by atoms with Gasteiger partial charge in [0, 0.05) is 24.3 Å². The third-order valence-corrected chi connectivity index (χ3v) is 3.00. The number of halogens is 2. The number of benzene rings is 2. The van der Waals surface area contributed by atoms with Gasteiger partial charge in [0.05, 0.1) is 13.3 Å². The Morgan fingerprint density at radius 1 is 1.10 bits per heavy atom. The Morgan fingerprint density at radius 2 is 1.90 bits per heavy atom. The predicted octanol–water partition coefficient (Wildman–Crippen LogP) is 4.56. The van der Waals surface area contributed by atoms with Crippen molar-refractivity contribution in [3.63, 3.8) is 0 Å². The maximum absolute atomic E-state index is 12.0. The van der Waals surface area contributed by atoms with E-state index >= 15 is 0 Å². The van der Waals surface area contributed by atoms with Crippen LogP contribution in [0.3, 0.4) is 0 Å².